The Morgan fingerprint density at radius 1 is 1.75 bits per heavy atom. The summed E-state index contributed by atoms with van der Waals surface area (Å²) in [5.74, 6) is 0.150. The molecule has 1 amide bonds. The SMILES string of the molecule is CC[C@@]12CCC(=O)N1C[C@H](F)C2. The monoisotopic (exact) mass is 171 g/mol. The Hall–Kier alpha value is -0.600. The molecule has 2 saturated heterocycles. The van der Waals surface area contributed by atoms with Crippen LogP contribution in [0.4, 0.5) is 4.39 Å². The first-order valence-electron chi connectivity index (χ1n) is 4.62. The predicted octanol–water partition coefficient (Wildman–Crippen LogP) is 1.50. The van der Waals surface area contributed by atoms with E-state index in [1.807, 2.05) is 6.92 Å². The highest BCUT2D eigenvalue weighted by Gasteiger charge is 2.50. The number of amides is 1. The highest BCUT2D eigenvalue weighted by molar-refractivity contribution is 5.80. The molecule has 2 fully saturated rings. The summed E-state index contributed by atoms with van der Waals surface area (Å²) in [4.78, 5) is 13.1. The Bertz CT molecular complexity index is 219. The molecule has 2 heterocycles. The maximum Gasteiger partial charge on any atom is 0.223 e. The Morgan fingerprint density at radius 3 is 3.08 bits per heavy atom. The Balaban J connectivity index is 2.25. The van der Waals surface area contributed by atoms with E-state index in [-0.39, 0.29) is 11.4 Å². The number of carbonyl (C=O) groups excluding carboxylic acids is 1. The van der Waals surface area contributed by atoms with E-state index in [2.05, 4.69) is 0 Å². The van der Waals surface area contributed by atoms with Gasteiger partial charge in [-0.05, 0) is 12.8 Å². The van der Waals surface area contributed by atoms with Gasteiger partial charge in [0.2, 0.25) is 5.91 Å². The zero-order chi connectivity index (χ0) is 8.77. The average Bonchev–Trinajstić information content (AvgIpc) is 2.51. The van der Waals surface area contributed by atoms with Crippen LogP contribution in [0.1, 0.15) is 32.6 Å². The third-order valence-electron chi connectivity index (χ3n) is 3.32. The largest absolute Gasteiger partial charge is 0.334 e. The van der Waals surface area contributed by atoms with E-state index in [4.69, 9.17) is 0 Å². The van der Waals surface area contributed by atoms with Gasteiger partial charge >= 0.3 is 0 Å². The molecule has 0 spiro atoms. The lowest BCUT2D eigenvalue weighted by Crippen LogP contribution is -2.39. The third kappa shape index (κ3) is 0.883. The van der Waals surface area contributed by atoms with E-state index >= 15 is 0 Å². The fourth-order valence-electron chi connectivity index (χ4n) is 2.57. The highest BCUT2D eigenvalue weighted by Crippen LogP contribution is 2.42. The minimum atomic E-state index is -0.783. The van der Waals surface area contributed by atoms with E-state index in [1.165, 1.54) is 0 Å². The predicted molar refractivity (Wildman–Crippen MR) is 43.5 cm³/mol. The molecule has 0 saturated carbocycles. The average molecular weight is 171 g/mol. The molecule has 2 rings (SSSR count). The van der Waals surface area contributed by atoms with E-state index in [1.54, 1.807) is 4.90 Å². The lowest BCUT2D eigenvalue weighted by molar-refractivity contribution is -0.129. The topological polar surface area (TPSA) is 20.3 Å². The molecule has 0 unspecified atom stereocenters. The van der Waals surface area contributed by atoms with Crippen molar-refractivity contribution in [3.63, 3.8) is 0 Å². The second-order valence-corrected chi connectivity index (χ2v) is 3.88. The van der Waals surface area contributed by atoms with Crippen LogP contribution in [0.2, 0.25) is 0 Å². The van der Waals surface area contributed by atoms with Gasteiger partial charge in [0.15, 0.2) is 0 Å². The van der Waals surface area contributed by atoms with Crippen LogP contribution < -0.4 is 0 Å². The number of nitrogens with zero attached hydrogens (tertiary/aromatic N) is 1. The third-order valence-corrected chi connectivity index (χ3v) is 3.32. The maximum atomic E-state index is 13.1. The summed E-state index contributed by atoms with van der Waals surface area (Å²) >= 11 is 0. The van der Waals surface area contributed by atoms with Gasteiger partial charge in [-0.3, -0.25) is 4.79 Å². The fraction of sp³-hybridized carbons (Fsp3) is 0.889. The summed E-state index contributed by atoms with van der Waals surface area (Å²) in [6.07, 6.45) is 2.17. The molecule has 2 aliphatic rings. The standard InChI is InChI=1S/C9H14FNO/c1-2-9-4-3-8(12)11(9)6-7(10)5-9/h7H,2-6H2,1H3/t7-,9+/m1/s1. The van der Waals surface area contributed by atoms with Crippen LogP contribution in [-0.2, 0) is 4.79 Å². The van der Waals surface area contributed by atoms with Crippen molar-refractivity contribution >= 4 is 5.91 Å². The van der Waals surface area contributed by atoms with Gasteiger partial charge in [-0.1, -0.05) is 6.92 Å². The molecule has 2 atom stereocenters. The normalized spacial score (nSPS) is 40.7. The van der Waals surface area contributed by atoms with Crippen LogP contribution in [0.25, 0.3) is 0 Å². The molecule has 12 heavy (non-hydrogen) atoms. The molecular weight excluding hydrogens is 157 g/mol. The molecule has 68 valence electrons. The smallest absolute Gasteiger partial charge is 0.223 e. The van der Waals surface area contributed by atoms with Crippen LogP contribution in [0, 0.1) is 0 Å². The molecule has 0 aromatic rings. The van der Waals surface area contributed by atoms with Crippen molar-refractivity contribution < 1.29 is 9.18 Å². The molecule has 0 radical (unpaired) electrons. The van der Waals surface area contributed by atoms with Gasteiger partial charge in [0.25, 0.3) is 0 Å². The van der Waals surface area contributed by atoms with Crippen molar-refractivity contribution in [2.24, 2.45) is 0 Å². The van der Waals surface area contributed by atoms with Crippen molar-refractivity contribution in [2.45, 2.75) is 44.3 Å². The Morgan fingerprint density at radius 2 is 2.50 bits per heavy atom. The maximum absolute atomic E-state index is 13.1. The van der Waals surface area contributed by atoms with Crippen molar-refractivity contribution in [1.82, 2.24) is 4.90 Å². The first-order valence-corrected chi connectivity index (χ1v) is 4.62. The number of alkyl halides is 1. The lowest BCUT2D eigenvalue weighted by atomic mass is 9.91. The Labute approximate surface area is 71.7 Å². The van der Waals surface area contributed by atoms with Crippen LogP contribution in [0.15, 0.2) is 0 Å². The van der Waals surface area contributed by atoms with Crippen molar-refractivity contribution in [3.05, 3.63) is 0 Å². The molecule has 0 aromatic heterocycles. The summed E-state index contributed by atoms with van der Waals surface area (Å²) < 4.78 is 13.1. The lowest BCUT2D eigenvalue weighted by Gasteiger charge is -2.29. The molecule has 0 N–H and O–H groups in total. The van der Waals surface area contributed by atoms with Crippen molar-refractivity contribution in [3.8, 4) is 0 Å². The number of halogens is 1. The van der Waals surface area contributed by atoms with E-state index in [9.17, 15) is 9.18 Å². The number of fused-ring (bicyclic) bond motifs is 1. The second-order valence-electron chi connectivity index (χ2n) is 3.88. The summed E-state index contributed by atoms with van der Waals surface area (Å²) in [7, 11) is 0. The zero-order valence-electron chi connectivity index (χ0n) is 7.35. The zero-order valence-corrected chi connectivity index (χ0v) is 7.35. The summed E-state index contributed by atoms with van der Waals surface area (Å²) in [5, 5.41) is 0. The van der Waals surface area contributed by atoms with Crippen LogP contribution >= 0.6 is 0 Å². The van der Waals surface area contributed by atoms with Gasteiger partial charge in [-0.25, -0.2) is 4.39 Å². The minimum absolute atomic E-state index is 0.101. The first kappa shape index (κ1) is 8.02. The molecule has 0 bridgehead atoms. The molecular formula is C9H14FNO. The molecule has 2 aliphatic heterocycles. The highest BCUT2D eigenvalue weighted by atomic mass is 19.1. The van der Waals surface area contributed by atoms with Crippen LogP contribution in [0.5, 0.6) is 0 Å². The second kappa shape index (κ2) is 2.44. The first-order chi connectivity index (χ1) is 5.68. The molecule has 0 aromatic carbocycles. The number of rotatable bonds is 1. The van der Waals surface area contributed by atoms with Gasteiger partial charge in [-0.15, -0.1) is 0 Å². The van der Waals surface area contributed by atoms with Crippen LogP contribution in [-0.4, -0.2) is 29.1 Å². The number of hydrogen-bond acceptors (Lipinski definition) is 1. The summed E-state index contributed by atoms with van der Waals surface area (Å²) in [6.45, 7) is 2.39. The number of hydrogen-bond donors (Lipinski definition) is 0. The van der Waals surface area contributed by atoms with E-state index in [0.29, 0.717) is 19.4 Å². The fourth-order valence-corrected chi connectivity index (χ4v) is 2.57. The van der Waals surface area contributed by atoms with Crippen LogP contribution in [0.3, 0.4) is 0 Å². The minimum Gasteiger partial charge on any atom is -0.334 e. The van der Waals surface area contributed by atoms with E-state index < -0.39 is 6.17 Å². The van der Waals surface area contributed by atoms with Gasteiger partial charge in [0.05, 0.1) is 6.54 Å². The van der Waals surface area contributed by atoms with Gasteiger partial charge in [-0.2, -0.15) is 0 Å². The van der Waals surface area contributed by atoms with Crippen molar-refractivity contribution in [1.29, 1.82) is 0 Å². The number of carbonyl (C=O) groups is 1. The van der Waals surface area contributed by atoms with E-state index in [0.717, 1.165) is 12.8 Å². The van der Waals surface area contributed by atoms with Gasteiger partial charge < -0.3 is 4.90 Å². The summed E-state index contributed by atoms with van der Waals surface area (Å²) in [6, 6.07) is 0. The molecule has 2 nitrogen and oxygen atoms in total. The summed E-state index contributed by atoms with van der Waals surface area (Å²) in [5.41, 5.74) is -0.101. The van der Waals surface area contributed by atoms with Gasteiger partial charge in [0.1, 0.15) is 6.17 Å². The molecule has 0 aliphatic carbocycles. The van der Waals surface area contributed by atoms with Crippen molar-refractivity contribution in [2.75, 3.05) is 6.54 Å². The Kier molecular flexibility index (Phi) is 1.63. The molecule has 3 heteroatoms. The quantitative estimate of drug-likeness (QED) is 0.585. The van der Waals surface area contributed by atoms with Gasteiger partial charge in [0, 0.05) is 18.4 Å².